The molecule has 1 heterocycles. The van der Waals surface area contributed by atoms with Crippen molar-refractivity contribution in [3.63, 3.8) is 0 Å². The molecule has 0 fully saturated rings. The number of carbonyl (C=O) groups excluding carboxylic acids is 1. The average molecular weight is 417 g/mol. The molecular weight excluding hydrogens is 400 g/mol. The molecule has 138 valence electrons. The normalized spacial score (nSPS) is 10.3. The lowest BCUT2D eigenvalue weighted by molar-refractivity contribution is 0.0602. The van der Waals surface area contributed by atoms with E-state index in [1.807, 2.05) is 60.7 Å². The van der Waals surface area contributed by atoms with Crippen LogP contribution in [0, 0.1) is 0 Å². The third kappa shape index (κ3) is 5.07. The number of methoxy groups -OCH3 is 1. The fraction of sp³-hybridized carbons (Fsp3) is 0.100. The summed E-state index contributed by atoms with van der Waals surface area (Å²) in [6, 6.07) is 19.2. The molecule has 0 aliphatic carbocycles. The second-order valence-electron chi connectivity index (χ2n) is 5.65. The molecule has 0 saturated heterocycles. The van der Waals surface area contributed by atoms with Crippen molar-refractivity contribution < 1.29 is 9.53 Å². The molecule has 3 rings (SSSR count). The molecule has 0 aliphatic heterocycles. The van der Waals surface area contributed by atoms with Crippen molar-refractivity contribution in [2.45, 2.75) is 6.54 Å². The van der Waals surface area contributed by atoms with Gasteiger partial charge >= 0.3 is 5.97 Å². The van der Waals surface area contributed by atoms with Gasteiger partial charge in [0.15, 0.2) is 5.11 Å². The molecule has 27 heavy (non-hydrogen) atoms. The minimum absolute atomic E-state index is 0.406. The van der Waals surface area contributed by atoms with E-state index in [1.54, 1.807) is 0 Å². The van der Waals surface area contributed by atoms with Gasteiger partial charge in [0.05, 0.1) is 12.7 Å². The van der Waals surface area contributed by atoms with Crippen molar-refractivity contribution in [2.75, 3.05) is 12.4 Å². The van der Waals surface area contributed by atoms with Crippen LogP contribution in [0.4, 0.5) is 5.00 Å². The van der Waals surface area contributed by atoms with E-state index < -0.39 is 5.97 Å². The van der Waals surface area contributed by atoms with Crippen molar-refractivity contribution in [1.82, 2.24) is 5.32 Å². The van der Waals surface area contributed by atoms with Crippen LogP contribution < -0.4 is 10.6 Å². The zero-order chi connectivity index (χ0) is 19.2. The van der Waals surface area contributed by atoms with Crippen LogP contribution in [0.1, 0.15) is 15.9 Å². The summed E-state index contributed by atoms with van der Waals surface area (Å²) in [5.74, 6) is -0.406. The van der Waals surface area contributed by atoms with Crippen LogP contribution in [0.25, 0.3) is 10.4 Å². The van der Waals surface area contributed by atoms with Crippen LogP contribution in [0.2, 0.25) is 5.02 Å². The van der Waals surface area contributed by atoms with Gasteiger partial charge in [-0.1, -0.05) is 54.1 Å². The number of anilines is 1. The maximum atomic E-state index is 12.1. The highest BCUT2D eigenvalue weighted by atomic mass is 35.5. The molecule has 4 nitrogen and oxygen atoms in total. The molecule has 3 aromatic rings. The predicted molar refractivity (Wildman–Crippen MR) is 116 cm³/mol. The van der Waals surface area contributed by atoms with Crippen LogP contribution in [0.15, 0.2) is 60.7 Å². The second-order valence-corrected chi connectivity index (χ2v) is 7.54. The number of thiocarbonyl (C=S) groups is 1. The van der Waals surface area contributed by atoms with Gasteiger partial charge in [0.25, 0.3) is 0 Å². The topological polar surface area (TPSA) is 50.4 Å². The first-order valence-electron chi connectivity index (χ1n) is 8.13. The Labute approximate surface area is 172 Å². The molecule has 0 saturated carbocycles. The Bertz CT molecular complexity index is 940. The van der Waals surface area contributed by atoms with Crippen molar-refractivity contribution in [1.29, 1.82) is 0 Å². The number of ether oxygens (including phenoxy) is 1. The number of benzene rings is 2. The number of rotatable bonds is 5. The van der Waals surface area contributed by atoms with Gasteiger partial charge in [-0.2, -0.15) is 0 Å². The molecule has 0 aliphatic rings. The van der Waals surface area contributed by atoms with Gasteiger partial charge in [0.1, 0.15) is 5.00 Å². The lowest BCUT2D eigenvalue weighted by atomic mass is 10.1. The number of esters is 1. The van der Waals surface area contributed by atoms with Crippen molar-refractivity contribution >= 4 is 51.2 Å². The summed E-state index contributed by atoms with van der Waals surface area (Å²) < 4.78 is 4.90. The fourth-order valence-electron chi connectivity index (χ4n) is 2.42. The zero-order valence-corrected chi connectivity index (χ0v) is 16.9. The highest BCUT2D eigenvalue weighted by Gasteiger charge is 2.18. The second kappa shape index (κ2) is 8.99. The van der Waals surface area contributed by atoms with Crippen LogP contribution in [0.3, 0.4) is 0 Å². The van der Waals surface area contributed by atoms with E-state index in [1.165, 1.54) is 18.4 Å². The lowest BCUT2D eigenvalue weighted by Gasteiger charge is -2.10. The monoisotopic (exact) mass is 416 g/mol. The minimum Gasteiger partial charge on any atom is -0.465 e. The Kier molecular flexibility index (Phi) is 6.45. The van der Waals surface area contributed by atoms with Crippen molar-refractivity contribution in [3.05, 3.63) is 76.8 Å². The molecule has 0 bridgehead atoms. The molecule has 0 spiro atoms. The first-order valence-corrected chi connectivity index (χ1v) is 9.74. The third-order valence-electron chi connectivity index (χ3n) is 3.79. The SMILES string of the molecule is COC(=O)c1cc(-c2ccccc2)sc1NC(=S)NCc1ccc(Cl)cc1. The molecule has 2 N–H and O–H groups in total. The Balaban J connectivity index is 1.74. The highest BCUT2D eigenvalue weighted by Crippen LogP contribution is 2.35. The van der Waals surface area contributed by atoms with Crippen molar-refractivity contribution in [2.24, 2.45) is 0 Å². The summed E-state index contributed by atoms with van der Waals surface area (Å²) in [4.78, 5) is 13.1. The number of carbonyl (C=O) groups is 1. The van der Waals surface area contributed by atoms with Gasteiger partial charge in [-0.05, 0) is 41.5 Å². The van der Waals surface area contributed by atoms with Gasteiger partial charge in [-0.3, -0.25) is 0 Å². The molecule has 2 aromatic carbocycles. The van der Waals surface area contributed by atoms with Crippen LogP contribution in [-0.4, -0.2) is 18.2 Å². The van der Waals surface area contributed by atoms with E-state index in [4.69, 9.17) is 28.6 Å². The summed E-state index contributed by atoms with van der Waals surface area (Å²) in [7, 11) is 1.36. The van der Waals surface area contributed by atoms with Gasteiger partial charge in [-0.25, -0.2) is 4.79 Å². The summed E-state index contributed by atoms with van der Waals surface area (Å²) in [6.07, 6.45) is 0. The van der Waals surface area contributed by atoms with Gasteiger partial charge < -0.3 is 15.4 Å². The van der Waals surface area contributed by atoms with Gasteiger partial charge in [0.2, 0.25) is 0 Å². The van der Waals surface area contributed by atoms with Gasteiger partial charge in [-0.15, -0.1) is 11.3 Å². The Morgan fingerprint density at radius 1 is 1.15 bits per heavy atom. The largest absolute Gasteiger partial charge is 0.465 e. The summed E-state index contributed by atoms with van der Waals surface area (Å²) in [5, 5.41) is 8.01. The number of halogens is 1. The molecule has 1 aromatic heterocycles. The molecule has 7 heteroatoms. The van der Waals surface area contributed by atoms with Gasteiger partial charge in [0, 0.05) is 16.4 Å². The number of nitrogens with one attached hydrogen (secondary N) is 2. The summed E-state index contributed by atoms with van der Waals surface area (Å²) >= 11 is 12.7. The molecular formula is C20H17ClN2O2S2. The van der Waals surface area contributed by atoms with E-state index in [-0.39, 0.29) is 0 Å². The molecule has 0 radical (unpaired) electrons. The Morgan fingerprint density at radius 2 is 1.85 bits per heavy atom. The first kappa shape index (κ1) is 19.4. The molecule has 0 unspecified atom stereocenters. The number of hydrogen-bond acceptors (Lipinski definition) is 4. The van der Waals surface area contributed by atoms with E-state index in [0.29, 0.717) is 27.2 Å². The fourth-order valence-corrected chi connectivity index (χ4v) is 3.84. The van der Waals surface area contributed by atoms with E-state index >= 15 is 0 Å². The Morgan fingerprint density at radius 3 is 2.52 bits per heavy atom. The Hall–Kier alpha value is -2.41. The smallest absolute Gasteiger partial charge is 0.340 e. The van der Waals surface area contributed by atoms with E-state index in [2.05, 4.69) is 10.6 Å². The zero-order valence-electron chi connectivity index (χ0n) is 14.5. The maximum absolute atomic E-state index is 12.1. The number of hydrogen-bond donors (Lipinski definition) is 2. The minimum atomic E-state index is -0.406. The summed E-state index contributed by atoms with van der Waals surface area (Å²) in [5.41, 5.74) is 2.53. The standard InChI is InChI=1S/C20H17ClN2O2S2/c1-25-19(24)16-11-17(14-5-3-2-4-6-14)27-18(16)23-20(26)22-12-13-7-9-15(21)10-8-13/h2-11H,12H2,1H3,(H2,22,23,26). The van der Waals surface area contributed by atoms with E-state index in [9.17, 15) is 4.79 Å². The van der Waals surface area contributed by atoms with Crippen LogP contribution in [-0.2, 0) is 11.3 Å². The lowest BCUT2D eigenvalue weighted by Crippen LogP contribution is -2.28. The van der Waals surface area contributed by atoms with Crippen LogP contribution in [0.5, 0.6) is 0 Å². The third-order valence-corrected chi connectivity index (χ3v) is 5.39. The summed E-state index contributed by atoms with van der Waals surface area (Å²) in [6.45, 7) is 0.549. The van der Waals surface area contributed by atoms with Crippen LogP contribution >= 0.6 is 35.2 Å². The number of thiophene rings is 1. The first-order chi connectivity index (χ1) is 13.1. The van der Waals surface area contributed by atoms with E-state index in [0.717, 1.165) is 16.0 Å². The maximum Gasteiger partial charge on any atom is 0.340 e. The molecule has 0 atom stereocenters. The quantitative estimate of drug-likeness (QED) is 0.434. The molecule has 0 amide bonds. The van der Waals surface area contributed by atoms with Crippen molar-refractivity contribution in [3.8, 4) is 10.4 Å². The predicted octanol–water partition coefficient (Wildman–Crippen LogP) is 5.34. The highest BCUT2D eigenvalue weighted by molar-refractivity contribution is 7.80. The average Bonchev–Trinajstić information content (AvgIpc) is 3.11.